The van der Waals surface area contributed by atoms with Crippen molar-refractivity contribution in [1.29, 1.82) is 0 Å². The number of thiazole rings is 1. The van der Waals surface area contributed by atoms with E-state index in [-0.39, 0.29) is 12.0 Å². The van der Waals surface area contributed by atoms with E-state index in [0.29, 0.717) is 15.7 Å². The Kier molecular flexibility index (Phi) is 4.97. The number of carbonyl (C=O) groups is 1. The number of ether oxygens (including phenoxy) is 1. The number of amides is 1. The van der Waals surface area contributed by atoms with Crippen LogP contribution in [0.2, 0.25) is 0 Å². The molecule has 1 fully saturated rings. The van der Waals surface area contributed by atoms with E-state index in [4.69, 9.17) is 4.74 Å². The Bertz CT molecular complexity index is 666. The predicted octanol–water partition coefficient (Wildman–Crippen LogP) is 2.55. The molecule has 7 heteroatoms. The summed E-state index contributed by atoms with van der Waals surface area (Å²) < 4.78 is 5.64. The van der Waals surface area contributed by atoms with E-state index in [2.05, 4.69) is 15.0 Å². The second-order valence-corrected chi connectivity index (χ2v) is 6.45. The number of piperidine rings is 1. The highest BCUT2D eigenvalue weighted by atomic mass is 32.1. The highest BCUT2D eigenvalue weighted by Crippen LogP contribution is 2.27. The molecule has 0 radical (unpaired) electrons. The van der Waals surface area contributed by atoms with E-state index >= 15 is 0 Å². The van der Waals surface area contributed by atoms with Crippen molar-refractivity contribution in [2.24, 2.45) is 0 Å². The Morgan fingerprint density at radius 2 is 2.04 bits per heavy atom. The molecule has 3 rings (SSSR count). The molecule has 0 aromatic carbocycles. The summed E-state index contributed by atoms with van der Waals surface area (Å²) in [7, 11) is 0. The van der Waals surface area contributed by atoms with E-state index in [9.17, 15) is 4.79 Å². The third-order valence-corrected chi connectivity index (χ3v) is 5.02. The average molecular weight is 332 g/mol. The van der Waals surface area contributed by atoms with Crippen LogP contribution in [-0.4, -0.2) is 51.6 Å². The van der Waals surface area contributed by atoms with Crippen LogP contribution in [0.1, 0.15) is 35.1 Å². The molecule has 122 valence electrons. The normalized spacial score (nSPS) is 15.8. The molecule has 0 atom stereocenters. The molecule has 0 spiro atoms. The summed E-state index contributed by atoms with van der Waals surface area (Å²) in [6, 6.07) is 1.76. The number of nitrogens with zero attached hydrogens (tertiary/aromatic N) is 4. The summed E-state index contributed by atoms with van der Waals surface area (Å²) in [6.07, 6.45) is 5.43. The van der Waals surface area contributed by atoms with Gasteiger partial charge in [0.2, 0.25) is 0 Å². The summed E-state index contributed by atoms with van der Waals surface area (Å²) in [4.78, 5) is 28.2. The van der Waals surface area contributed by atoms with Crippen molar-refractivity contribution in [1.82, 2.24) is 19.9 Å². The number of likely N-dealkylation sites (tertiary alicyclic amines) is 1. The standard InChI is InChI=1S/C16H20N4O2S/c1-3-22-12-5-9-20(10-6-12)16(21)13-11(2)19-15(23-13)14-17-7-4-8-18-14/h4,7-8,12H,3,5-6,9-10H2,1-2H3. The van der Waals surface area contributed by atoms with Crippen LogP contribution in [0.5, 0.6) is 0 Å². The van der Waals surface area contributed by atoms with Crippen molar-refractivity contribution in [2.45, 2.75) is 32.8 Å². The molecule has 1 amide bonds. The maximum absolute atomic E-state index is 12.7. The SMILES string of the molecule is CCOC1CCN(C(=O)c2sc(-c3ncccn3)nc2C)CC1. The van der Waals surface area contributed by atoms with Crippen LogP contribution in [-0.2, 0) is 4.74 Å². The second-order valence-electron chi connectivity index (χ2n) is 5.45. The van der Waals surface area contributed by atoms with Gasteiger partial charge in [-0.25, -0.2) is 15.0 Å². The van der Waals surface area contributed by atoms with Gasteiger partial charge in [0.05, 0.1) is 11.8 Å². The summed E-state index contributed by atoms with van der Waals surface area (Å²) in [5.41, 5.74) is 0.745. The smallest absolute Gasteiger partial charge is 0.265 e. The van der Waals surface area contributed by atoms with E-state index in [1.807, 2.05) is 18.7 Å². The van der Waals surface area contributed by atoms with Crippen LogP contribution in [0.4, 0.5) is 0 Å². The maximum Gasteiger partial charge on any atom is 0.265 e. The van der Waals surface area contributed by atoms with E-state index in [1.54, 1.807) is 18.5 Å². The molecule has 0 N–H and O–H groups in total. The number of hydrogen-bond acceptors (Lipinski definition) is 6. The van der Waals surface area contributed by atoms with Gasteiger partial charge in [-0.15, -0.1) is 11.3 Å². The Labute approximate surface area is 139 Å². The molecule has 0 aliphatic carbocycles. The number of rotatable bonds is 4. The molecule has 3 heterocycles. The lowest BCUT2D eigenvalue weighted by Crippen LogP contribution is -2.40. The van der Waals surface area contributed by atoms with Gasteiger partial charge >= 0.3 is 0 Å². The fraction of sp³-hybridized carbons (Fsp3) is 0.500. The largest absolute Gasteiger partial charge is 0.378 e. The molecule has 1 aliphatic heterocycles. The van der Waals surface area contributed by atoms with Crippen molar-refractivity contribution in [2.75, 3.05) is 19.7 Å². The Balaban J connectivity index is 1.72. The van der Waals surface area contributed by atoms with E-state index < -0.39 is 0 Å². The first-order chi connectivity index (χ1) is 11.2. The zero-order valence-corrected chi connectivity index (χ0v) is 14.2. The summed E-state index contributed by atoms with van der Waals surface area (Å²) in [5.74, 6) is 0.617. The van der Waals surface area contributed by atoms with Crippen LogP contribution >= 0.6 is 11.3 Å². The topological polar surface area (TPSA) is 68.2 Å². The first-order valence-electron chi connectivity index (χ1n) is 7.84. The number of aryl methyl sites for hydroxylation is 1. The molecule has 0 unspecified atom stereocenters. The fourth-order valence-electron chi connectivity index (χ4n) is 2.70. The summed E-state index contributed by atoms with van der Waals surface area (Å²) >= 11 is 1.37. The maximum atomic E-state index is 12.7. The van der Waals surface area contributed by atoms with Crippen molar-refractivity contribution < 1.29 is 9.53 Å². The quantitative estimate of drug-likeness (QED) is 0.861. The van der Waals surface area contributed by atoms with Gasteiger partial charge in [0.25, 0.3) is 5.91 Å². The average Bonchev–Trinajstić information content (AvgIpc) is 2.98. The molecular weight excluding hydrogens is 312 g/mol. The van der Waals surface area contributed by atoms with Gasteiger partial charge in [0, 0.05) is 32.1 Å². The Morgan fingerprint density at radius 3 is 2.70 bits per heavy atom. The number of carbonyl (C=O) groups excluding carboxylic acids is 1. The predicted molar refractivity (Wildman–Crippen MR) is 88.4 cm³/mol. The first-order valence-corrected chi connectivity index (χ1v) is 8.66. The zero-order valence-electron chi connectivity index (χ0n) is 13.4. The lowest BCUT2D eigenvalue weighted by molar-refractivity contribution is 0.0147. The molecular formula is C16H20N4O2S. The van der Waals surface area contributed by atoms with Crippen molar-refractivity contribution in [3.63, 3.8) is 0 Å². The minimum atomic E-state index is 0.0529. The minimum absolute atomic E-state index is 0.0529. The van der Waals surface area contributed by atoms with Gasteiger partial charge in [-0.05, 0) is 32.8 Å². The Morgan fingerprint density at radius 1 is 1.35 bits per heavy atom. The highest BCUT2D eigenvalue weighted by Gasteiger charge is 2.27. The lowest BCUT2D eigenvalue weighted by atomic mass is 10.1. The molecule has 2 aromatic rings. The molecule has 0 saturated carbocycles. The van der Waals surface area contributed by atoms with Crippen LogP contribution in [0.3, 0.4) is 0 Å². The molecule has 2 aromatic heterocycles. The van der Waals surface area contributed by atoms with Gasteiger partial charge in [0.15, 0.2) is 10.8 Å². The minimum Gasteiger partial charge on any atom is -0.378 e. The molecule has 0 bridgehead atoms. The van der Waals surface area contributed by atoms with Crippen LogP contribution in [0, 0.1) is 6.92 Å². The van der Waals surface area contributed by atoms with E-state index in [1.165, 1.54) is 11.3 Å². The lowest BCUT2D eigenvalue weighted by Gasteiger charge is -2.31. The third-order valence-electron chi connectivity index (χ3n) is 3.88. The van der Waals surface area contributed by atoms with E-state index in [0.717, 1.165) is 38.2 Å². The van der Waals surface area contributed by atoms with Gasteiger partial charge < -0.3 is 9.64 Å². The van der Waals surface area contributed by atoms with Crippen LogP contribution < -0.4 is 0 Å². The number of hydrogen-bond donors (Lipinski definition) is 0. The van der Waals surface area contributed by atoms with Gasteiger partial charge in [0.1, 0.15) is 4.88 Å². The van der Waals surface area contributed by atoms with Gasteiger partial charge in [-0.1, -0.05) is 0 Å². The second kappa shape index (κ2) is 7.14. The van der Waals surface area contributed by atoms with Crippen LogP contribution in [0.25, 0.3) is 10.8 Å². The molecule has 6 nitrogen and oxygen atoms in total. The summed E-state index contributed by atoms with van der Waals surface area (Å²) in [5, 5.41) is 0.690. The van der Waals surface area contributed by atoms with Crippen molar-refractivity contribution in [3.05, 3.63) is 29.0 Å². The summed E-state index contributed by atoms with van der Waals surface area (Å²) in [6.45, 7) is 6.07. The molecule has 1 saturated heterocycles. The van der Waals surface area contributed by atoms with Gasteiger partial charge in [-0.2, -0.15) is 0 Å². The van der Waals surface area contributed by atoms with Crippen LogP contribution in [0.15, 0.2) is 18.5 Å². The van der Waals surface area contributed by atoms with Gasteiger partial charge in [-0.3, -0.25) is 4.79 Å². The monoisotopic (exact) mass is 332 g/mol. The highest BCUT2D eigenvalue weighted by molar-refractivity contribution is 7.17. The number of aromatic nitrogens is 3. The fourth-order valence-corrected chi connectivity index (χ4v) is 3.69. The van der Waals surface area contributed by atoms with Crippen molar-refractivity contribution in [3.8, 4) is 10.8 Å². The molecule has 23 heavy (non-hydrogen) atoms. The zero-order chi connectivity index (χ0) is 16.2. The Hall–Kier alpha value is -1.86. The van der Waals surface area contributed by atoms with Crippen molar-refractivity contribution >= 4 is 17.2 Å². The molecule has 1 aliphatic rings. The first kappa shape index (κ1) is 16.0. The third kappa shape index (κ3) is 3.56.